The molecule has 2 aliphatic heterocycles. The molecule has 27 heavy (non-hydrogen) atoms. The average Bonchev–Trinajstić information content (AvgIpc) is 3.30. The highest BCUT2D eigenvalue weighted by Gasteiger charge is 2.45. The molecule has 1 aromatic rings. The number of rotatable bonds is 4. The van der Waals surface area contributed by atoms with Gasteiger partial charge in [0, 0.05) is 19.6 Å². The Hall–Kier alpha value is -0.180. The summed E-state index contributed by atoms with van der Waals surface area (Å²) < 4.78 is 28.1. The molecular weight excluding hydrogens is 404 g/mol. The van der Waals surface area contributed by atoms with Crippen LogP contribution in [0, 0.1) is 5.41 Å². The minimum atomic E-state index is -3.42. The number of likely N-dealkylation sites (tertiary alicyclic amines) is 1. The number of halogens is 1. The van der Waals surface area contributed by atoms with Crippen molar-refractivity contribution in [2.24, 2.45) is 5.41 Å². The first-order chi connectivity index (χ1) is 12.8. The molecule has 1 aromatic heterocycles. The van der Waals surface area contributed by atoms with Crippen molar-refractivity contribution in [3.05, 3.63) is 16.5 Å². The summed E-state index contributed by atoms with van der Waals surface area (Å²) >= 11 is 7.05. The van der Waals surface area contributed by atoms with E-state index in [0.717, 1.165) is 69.5 Å². The lowest BCUT2D eigenvalue weighted by Crippen LogP contribution is -2.50. The molecule has 3 fully saturated rings. The average molecular weight is 433 g/mol. The van der Waals surface area contributed by atoms with Gasteiger partial charge in [-0.2, -0.15) is 4.31 Å². The van der Waals surface area contributed by atoms with Crippen molar-refractivity contribution >= 4 is 33.0 Å². The molecule has 3 heterocycles. The fourth-order valence-corrected chi connectivity index (χ4v) is 8.10. The van der Waals surface area contributed by atoms with Gasteiger partial charge in [-0.3, -0.25) is 0 Å². The summed E-state index contributed by atoms with van der Waals surface area (Å²) in [5.41, 5.74) is -0.344. The van der Waals surface area contributed by atoms with Crippen LogP contribution >= 0.6 is 22.9 Å². The smallest absolute Gasteiger partial charge is 0.252 e. The van der Waals surface area contributed by atoms with Gasteiger partial charge in [0.1, 0.15) is 4.21 Å². The van der Waals surface area contributed by atoms with Crippen LogP contribution in [0.5, 0.6) is 0 Å². The van der Waals surface area contributed by atoms with E-state index in [0.29, 0.717) is 21.6 Å². The largest absolute Gasteiger partial charge is 0.389 e. The van der Waals surface area contributed by atoms with Crippen LogP contribution in [-0.4, -0.2) is 61.1 Å². The number of nitrogens with zero attached hydrogens (tertiary/aromatic N) is 2. The molecule has 8 heteroatoms. The van der Waals surface area contributed by atoms with Gasteiger partial charge in [-0.25, -0.2) is 8.42 Å². The van der Waals surface area contributed by atoms with Gasteiger partial charge in [0.15, 0.2) is 0 Å². The van der Waals surface area contributed by atoms with E-state index >= 15 is 0 Å². The van der Waals surface area contributed by atoms with Gasteiger partial charge in [0.05, 0.1) is 9.94 Å². The van der Waals surface area contributed by atoms with Crippen LogP contribution in [0.4, 0.5) is 0 Å². The van der Waals surface area contributed by atoms with Crippen LogP contribution in [0.25, 0.3) is 0 Å². The molecule has 1 spiro atoms. The molecule has 0 amide bonds. The Labute approximate surface area is 171 Å². The molecule has 1 saturated carbocycles. The normalized spacial score (nSPS) is 26.6. The molecule has 3 aliphatic rings. The SMILES string of the molecule is O=S(=O)(c1ccc(Cl)s1)N1CCC2(CC1)CCC(O)(CN1CCCC1)CC2. The number of thiophene rings is 1. The molecule has 2 saturated heterocycles. The van der Waals surface area contributed by atoms with E-state index in [1.165, 1.54) is 12.8 Å². The zero-order chi connectivity index (χ0) is 19.1. The third-order valence-corrected chi connectivity index (χ3v) is 10.5. The highest BCUT2D eigenvalue weighted by molar-refractivity contribution is 7.91. The van der Waals surface area contributed by atoms with E-state index in [9.17, 15) is 13.5 Å². The summed E-state index contributed by atoms with van der Waals surface area (Å²) in [6, 6.07) is 3.25. The van der Waals surface area contributed by atoms with Crippen LogP contribution in [0.3, 0.4) is 0 Å². The van der Waals surface area contributed by atoms with E-state index in [1.54, 1.807) is 16.4 Å². The maximum Gasteiger partial charge on any atom is 0.252 e. The number of sulfonamides is 1. The van der Waals surface area contributed by atoms with Crippen LogP contribution in [0.15, 0.2) is 16.3 Å². The Balaban J connectivity index is 1.34. The Kier molecular flexibility index (Phi) is 5.64. The van der Waals surface area contributed by atoms with Gasteiger partial charge in [0.2, 0.25) is 0 Å². The van der Waals surface area contributed by atoms with Crippen molar-refractivity contribution in [1.29, 1.82) is 0 Å². The third kappa shape index (κ3) is 4.23. The fraction of sp³-hybridized carbons (Fsp3) is 0.789. The number of hydrogen-bond donors (Lipinski definition) is 1. The van der Waals surface area contributed by atoms with E-state index in [1.807, 2.05) is 0 Å². The summed E-state index contributed by atoms with van der Waals surface area (Å²) in [5, 5.41) is 11.0. The predicted octanol–water partition coefficient (Wildman–Crippen LogP) is 3.57. The van der Waals surface area contributed by atoms with Crippen molar-refractivity contribution in [3.8, 4) is 0 Å². The highest BCUT2D eigenvalue weighted by atomic mass is 35.5. The Bertz CT molecular complexity index is 756. The molecule has 0 aromatic carbocycles. The quantitative estimate of drug-likeness (QED) is 0.789. The second-order valence-electron chi connectivity index (χ2n) is 8.67. The number of β-amino-alcohol motifs (C(OH)–C–C–N with tert-alkyl or cyclic N) is 1. The Morgan fingerprint density at radius 2 is 1.63 bits per heavy atom. The number of aliphatic hydroxyl groups is 1. The second-order valence-corrected chi connectivity index (χ2v) is 12.6. The van der Waals surface area contributed by atoms with Gasteiger partial charge < -0.3 is 10.0 Å². The highest BCUT2D eigenvalue weighted by Crippen LogP contribution is 2.48. The van der Waals surface area contributed by atoms with Crippen LogP contribution in [0.1, 0.15) is 51.4 Å². The number of hydrogen-bond acceptors (Lipinski definition) is 5. The summed E-state index contributed by atoms with van der Waals surface area (Å²) in [4.78, 5) is 2.40. The lowest BCUT2D eigenvalue weighted by Gasteiger charge is -2.48. The van der Waals surface area contributed by atoms with Gasteiger partial charge in [-0.05, 0) is 82.0 Å². The van der Waals surface area contributed by atoms with Crippen LogP contribution in [-0.2, 0) is 10.0 Å². The maximum atomic E-state index is 12.8. The lowest BCUT2D eigenvalue weighted by atomic mass is 9.64. The topological polar surface area (TPSA) is 60.9 Å². The standard InChI is InChI=1S/C19H29ClN2O3S2/c20-16-3-4-17(26-16)27(24,25)22-13-9-18(10-14-22)5-7-19(23,8-6-18)15-21-11-1-2-12-21/h3-4,23H,1-2,5-15H2. The van der Waals surface area contributed by atoms with Crippen molar-refractivity contribution in [1.82, 2.24) is 9.21 Å². The molecule has 0 atom stereocenters. The molecule has 0 radical (unpaired) electrons. The third-order valence-electron chi connectivity index (χ3n) is 6.88. The predicted molar refractivity (Wildman–Crippen MR) is 109 cm³/mol. The van der Waals surface area contributed by atoms with Crippen molar-refractivity contribution in [2.45, 2.75) is 61.2 Å². The van der Waals surface area contributed by atoms with Crippen LogP contribution in [0.2, 0.25) is 4.34 Å². The monoisotopic (exact) mass is 432 g/mol. The van der Waals surface area contributed by atoms with E-state index in [2.05, 4.69) is 4.90 Å². The zero-order valence-electron chi connectivity index (χ0n) is 15.7. The summed E-state index contributed by atoms with van der Waals surface area (Å²) in [5.74, 6) is 0. The molecule has 5 nitrogen and oxygen atoms in total. The molecular formula is C19H29ClN2O3S2. The second kappa shape index (κ2) is 7.58. The van der Waals surface area contributed by atoms with Gasteiger partial charge in [0.25, 0.3) is 10.0 Å². The maximum absolute atomic E-state index is 12.8. The van der Waals surface area contributed by atoms with Crippen molar-refractivity contribution in [3.63, 3.8) is 0 Å². The first kappa shape index (κ1) is 20.1. The minimum absolute atomic E-state index is 0.205. The molecule has 152 valence electrons. The van der Waals surface area contributed by atoms with Crippen LogP contribution < -0.4 is 0 Å². The van der Waals surface area contributed by atoms with Crippen molar-refractivity contribution < 1.29 is 13.5 Å². The zero-order valence-corrected chi connectivity index (χ0v) is 18.1. The lowest BCUT2D eigenvalue weighted by molar-refractivity contribution is -0.0625. The molecule has 0 unspecified atom stereocenters. The van der Waals surface area contributed by atoms with E-state index in [-0.39, 0.29) is 5.41 Å². The van der Waals surface area contributed by atoms with Gasteiger partial charge in [-0.15, -0.1) is 11.3 Å². The first-order valence-corrected chi connectivity index (χ1v) is 12.6. The molecule has 1 aliphatic carbocycles. The van der Waals surface area contributed by atoms with Crippen molar-refractivity contribution in [2.75, 3.05) is 32.7 Å². The summed E-state index contributed by atoms with van der Waals surface area (Å²) in [6.07, 6.45) is 8.00. The number of piperidine rings is 1. The Morgan fingerprint density at radius 1 is 1.00 bits per heavy atom. The Morgan fingerprint density at radius 3 is 2.19 bits per heavy atom. The van der Waals surface area contributed by atoms with E-state index in [4.69, 9.17) is 11.6 Å². The van der Waals surface area contributed by atoms with Gasteiger partial charge in [-0.1, -0.05) is 11.6 Å². The van der Waals surface area contributed by atoms with Gasteiger partial charge >= 0.3 is 0 Å². The minimum Gasteiger partial charge on any atom is -0.389 e. The van der Waals surface area contributed by atoms with E-state index < -0.39 is 15.6 Å². The fourth-order valence-electron chi connectivity index (χ4n) is 5.03. The summed E-state index contributed by atoms with van der Waals surface area (Å²) in [7, 11) is -3.42. The first-order valence-electron chi connectivity index (χ1n) is 10.0. The molecule has 0 bridgehead atoms. The molecule has 1 N–H and O–H groups in total. The summed E-state index contributed by atoms with van der Waals surface area (Å²) in [6.45, 7) is 4.19. The molecule has 4 rings (SSSR count).